The monoisotopic (exact) mass is 1240 g/mol. The minimum absolute atomic E-state index is 0.132. The van der Waals surface area contributed by atoms with Gasteiger partial charge in [-0.3, -0.25) is 52.7 Å². The van der Waals surface area contributed by atoms with Crippen molar-refractivity contribution in [1.29, 1.82) is 0 Å². The Hall–Kier alpha value is -7.26. The van der Waals surface area contributed by atoms with Gasteiger partial charge in [0.2, 0.25) is 65.0 Å². The molecule has 1 aliphatic heterocycles. The number of likely N-dealkylation sites (N-methyl/N-ethyl adjacent to an activating group) is 1. The van der Waals surface area contributed by atoms with Crippen LogP contribution in [0.25, 0.3) is 0 Å². The molecule has 1 saturated carbocycles. The molecule has 3 rings (SSSR count). The number of benzene rings is 1. The van der Waals surface area contributed by atoms with E-state index in [1.54, 1.807) is 62.4 Å². The van der Waals surface area contributed by atoms with Crippen molar-refractivity contribution < 1.29 is 72.5 Å². The topological polar surface area (TPSA) is 413 Å². The predicted molar refractivity (Wildman–Crippen MR) is 325 cm³/mol. The summed E-state index contributed by atoms with van der Waals surface area (Å²) >= 11 is 0. The molecule has 1 aromatic rings. The van der Waals surface area contributed by atoms with Gasteiger partial charge in [-0.15, -0.1) is 0 Å². The fraction of sp³-hybridized carbons (Fsp3) is 0.705. The van der Waals surface area contributed by atoms with Crippen LogP contribution < -0.4 is 64.2 Å². The number of hydrogen-bond donors (Lipinski definition) is 14. The van der Waals surface area contributed by atoms with E-state index in [1.807, 2.05) is 30.3 Å². The maximum absolute atomic E-state index is 14.4. The molecule has 16 atom stereocenters. The van der Waals surface area contributed by atoms with E-state index in [1.165, 1.54) is 13.8 Å². The van der Waals surface area contributed by atoms with E-state index >= 15 is 0 Å². The van der Waals surface area contributed by atoms with Gasteiger partial charge in [-0.25, -0.2) is 4.79 Å². The Kier molecular flexibility index (Phi) is 32.0. The Morgan fingerprint density at radius 3 is 1.56 bits per heavy atom. The highest BCUT2D eigenvalue weighted by atomic mass is 16.5. The first kappa shape index (κ1) is 75.0. The lowest BCUT2D eigenvalue weighted by molar-refractivity contribution is -0.157. The molecule has 494 valence electrons. The molecule has 1 aliphatic carbocycles. The van der Waals surface area contributed by atoms with Crippen molar-refractivity contribution in [3.8, 4) is 0 Å². The van der Waals surface area contributed by atoms with Crippen molar-refractivity contribution in [2.45, 2.75) is 225 Å². The van der Waals surface area contributed by atoms with Gasteiger partial charge in [0.1, 0.15) is 66.5 Å². The quantitative estimate of drug-likeness (QED) is 0.0386. The number of primary amides is 1. The van der Waals surface area contributed by atoms with E-state index in [0.29, 0.717) is 25.7 Å². The van der Waals surface area contributed by atoms with Crippen LogP contribution in [0.1, 0.15) is 152 Å². The molecule has 0 spiro atoms. The second kappa shape index (κ2) is 37.6. The predicted octanol–water partition coefficient (Wildman–Crippen LogP) is -0.965. The summed E-state index contributed by atoms with van der Waals surface area (Å²) in [6.45, 7) is 14.4. The summed E-state index contributed by atoms with van der Waals surface area (Å²) < 4.78 is 5.78. The Morgan fingerprint density at radius 2 is 1.07 bits per heavy atom. The molecule has 15 N–H and O–H groups in total. The number of carbonyl (C=O) groups excluding carboxylic acids is 12. The highest BCUT2D eigenvalue weighted by molar-refractivity contribution is 5.99. The van der Waals surface area contributed by atoms with E-state index in [2.05, 4.69) is 58.5 Å². The minimum atomic E-state index is -1.80. The Labute approximate surface area is 517 Å². The first-order valence-electron chi connectivity index (χ1n) is 31.1. The number of nitrogens with one attached hydrogen (secondary N) is 11. The number of aliphatic hydroxyl groups is 2. The highest BCUT2D eigenvalue weighted by Crippen LogP contribution is 2.28. The van der Waals surface area contributed by atoms with Crippen molar-refractivity contribution in [3.05, 3.63) is 35.9 Å². The van der Waals surface area contributed by atoms with Gasteiger partial charge in [0.25, 0.3) is 0 Å². The highest BCUT2D eigenvalue weighted by Gasteiger charge is 2.41. The average molecular weight is 1240 g/mol. The van der Waals surface area contributed by atoms with E-state index in [9.17, 15) is 67.7 Å². The average Bonchev–Trinajstić information content (AvgIpc) is 3.70. The minimum Gasteiger partial charge on any atom is -0.458 e. The number of carbonyl (C=O) groups is 12. The van der Waals surface area contributed by atoms with E-state index < -0.39 is 193 Å². The first-order chi connectivity index (χ1) is 41.7. The number of hydrogen-bond acceptors (Lipinski definition) is 16. The molecule has 1 heterocycles. The molecular weight excluding hydrogens is 1140 g/mol. The number of rotatable bonds is 32. The second-order valence-electron chi connectivity index (χ2n) is 23.7. The lowest BCUT2D eigenvalue weighted by Crippen LogP contribution is -2.63. The molecule has 0 aromatic heterocycles. The van der Waals surface area contributed by atoms with Crippen LogP contribution in [0.4, 0.5) is 0 Å². The molecule has 0 bridgehead atoms. The van der Waals surface area contributed by atoms with Crippen molar-refractivity contribution in [1.82, 2.24) is 58.5 Å². The standard InChI is InChI=1S/C61H100N12O15/c1-12-32(5)46(70-53(79)41(63-11)28-38-22-18-16-19-23-38)57(83)67-43(30-74)55(81)65-40(26-27-45(62)76)52(78)69-48(34(7)14-3)59(85)71-47(33(6)13-2)58(84)68-44(31-75)56(82)73-50-37(10)88-61(87)49(35(8)15-4)72-54(80)42(29-39-24-20-17-21-25-39)66-51(77)36(9)64-60(50)86/h16,18-19,22-23,32-37,39-44,46-50,63,74-75H,12-15,17,20-21,24-31H2,1-11H3,(H2,62,76)(H,64,86)(H,65,81)(H,66,77)(H,67,83)(H,68,84)(H,69,78)(H,70,79)(H,71,85)(H,72,80)(H,73,82)/t32-,33-,34+,35-,36-,37-,40+,41+,42-,43-,44-,46-,47-,48+,49-,50+/m0/s1. The molecule has 1 aromatic carbocycles. The van der Waals surface area contributed by atoms with E-state index in [0.717, 1.165) is 37.7 Å². The zero-order valence-corrected chi connectivity index (χ0v) is 53.1. The maximum atomic E-state index is 14.4. The van der Waals surface area contributed by atoms with Gasteiger partial charge in [-0.05, 0) is 75.3 Å². The lowest BCUT2D eigenvalue weighted by Gasteiger charge is -2.31. The van der Waals surface area contributed by atoms with Gasteiger partial charge in [0.15, 0.2) is 0 Å². The lowest BCUT2D eigenvalue weighted by atomic mass is 9.84. The van der Waals surface area contributed by atoms with Gasteiger partial charge in [-0.1, -0.05) is 144 Å². The molecule has 88 heavy (non-hydrogen) atoms. The molecule has 27 nitrogen and oxygen atoms in total. The molecule has 11 amide bonds. The molecule has 0 unspecified atom stereocenters. The third-order valence-electron chi connectivity index (χ3n) is 17.1. The summed E-state index contributed by atoms with van der Waals surface area (Å²) in [7, 11) is 1.60. The summed E-state index contributed by atoms with van der Waals surface area (Å²) in [4.78, 5) is 166. The zero-order valence-electron chi connectivity index (χ0n) is 53.1. The number of nitrogens with two attached hydrogens (primary N) is 1. The van der Waals surface area contributed by atoms with Gasteiger partial charge in [0.05, 0.1) is 19.3 Å². The van der Waals surface area contributed by atoms with Crippen LogP contribution in [-0.4, -0.2) is 174 Å². The summed E-state index contributed by atoms with van der Waals surface area (Å²) in [5.74, 6) is -12.5. The second-order valence-corrected chi connectivity index (χ2v) is 23.7. The van der Waals surface area contributed by atoms with E-state index in [-0.39, 0.29) is 18.8 Å². The summed E-state index contributed by atoms with van der Waals surface area (Å²) in [5, 5.41) is 49.8. The van der Waals surface area contributed by atoms with Crippen molar-refractivity contribution in [2.24, 2.45) is 35.3 Å². The largest absolute Gasteiger partial charge is 0.458 e. The van der Waals surface area contributed by atoms with Crippen LogP contribution in [0, 0.1) is 29.6 Å². The first-order valence-corrected chi connectivity index (χ1v) is 31.1. The number of esters is 1. The maximum Gasteiger partial charge on any atom is 0.329 e. The molecule has 1 saturated heterocycles. The smallest absolute Gasteiger partial charge is 0.329 e. The normalized spacial score (nSPS) is 22.4. The number of amides is 11. The van der Waals surface area contributed by atoms with Gasteiger partial charge in [-0.2, -0.15) is 0 Å². The number of aliphatic hydroxyl groups excluding tert-OH is 2. The zero-order chi connectivity index (χ0) is 65.9. The summed E-state index contributed by atoms with van der Waals surface area (Å²) in [5.41, 5.74) is 6.32. The van der Waals surface area contributed by atoms with Crippen LogP contribution in [0.5, 0.6) is 0 Å². The van der Waals surface area contributed by atoms with Crippen LogP contribution >= 0.6 is 0 Å². The number of cyclic esters (lactones) is 1. The third-order valence-corrected chi connectivity index (χ3v) is 17.1. The molecule has 2 aliphatic rings. The molecule has 27 heteroatoms. The van der Waals surface area contributed by atoms with Gasteiger partial charge in [0, 0.05) is 6.42 Å². The molecule has 0 radical (unpaired) electrons. The fourth-order valence-corrected chi connectivity index (χ4v) is 10.3. The van der Waals surface area contributed by atoms with E-state index in [4.69, 9.17) is 10.5 Å². The van der Waals surface area contributed by atoms with Crippen molar-refractivity contribution in [3.63, 3.8) is 0 Å². The SMILES string of the molecule is CC[C@@H](C)[C@@H](NC(=O)[C@@H](CCC(N)=O)NC(=O)[C@H](CO)NC(=O)[C@@H](NC(=O)[C@@H](Cc1ccccc1)NC)[C@@H](C)CC)C(=O)N[C@H](C(=O)N[C@@H](CO)C(=O)N[C@H]1C(=O)N[C@@H](C)C(=O)N[C@@H](CC2CCCCC2)C(=O)N[C@@H]([C@@H](C)CC)C(=O)O[C@H]1C)[C@@H](C)CC. The van der Waals surface area contributed by atoms with Gasteiger partial charge >= 0.3 is 5.97 Å². The van der Waals surface area contributed by atoms with Crippen LogP contribution in [-0.2, 0) is 68.7 Å². The van der Waals surface area contributed by atoms with Crippen LogP contribution in [0.15, 0.2) is 30.3 Å². The summed E-state index contributed by atoms with van der Waals surface area (Å²) in [6, 6.07) is -5.89. The summed E-state index contributed by atoms with van der Waals surface area (Å²) in [6.07, 6.45) is 4.41. The Balaban J connectivity index is 1.85. The molecular formula is C61H100N12O15. The fourth-order valence-electron chi connectivity index (χ4n) is 10.3. The molecule has 2 fully saturated rings. The van der Waals surface area contributed by atoms with Gasteiger partial charge < -0.3 is 79.2 Å². The number of ether oxygens (including phenoxy) is 1. The van der Waals surface area contributed by atoms with Crippen LogP contribution in [0.2, 0.25) is 0 Å². The van der Waals surface area contributed by atoms with Crippen LogP contribution in [0.3, 0.4) is 0 Å². The Bertz CT molecular complexity index is 2520. The Morgan fingerprint density at radius 1 is 0.591 bits per heavy atom. The van der Waals surface area contributed by atoms with Crippen molar-refractivity contribution >= 4 is 70.9 Å². The van der Waals surface area contributed by atoms with Crippen molar-refractivity contribution in [2.75, 3.05) is 20.3 Å². The third kappa shape index (κ3) is 23.0.